The third kappa shape index (κ3) is 1.96. The Labute approximate surface area is 65.6 Å². The van der Waals surface area contributed by atoms with E-state index in [1.54, 1.807) is 12.3 Å². The third-order valence-corrected chi connectivity index (χ3v) is 1.43. The minimum absolute atomic E-state index is 0.170. The summed E-state index contributed by atoms with van der Waals surface area (Å²) >= 11 is 0. The van der Waals surface area contributed by atoms with E-state index in [2.05, 4.69) is 9.97 Å². The van der Waals surface area contributed by atoms with Crippen LogP contribution in [0.2, 0.25) is 0 Å². The van der Waals surface area contributed by atoms with Gasteiger partial charge in [-0.1, -0.05) is 0 Å². The molecule has 1 atom stereocenters. The van der Waals surface area contributed by atoms with Crippen LogP contribution in [0.25, 0.3) is 0 Å². The number of rotatable bonds is 2. The van der Waals surface area contributed by atoms with Gasteiger partial charge in [-0.2, -0.15) is 0 Å². The topological polar surface area (TPSA) is 77.8 Å². The van der Waals surface area contributed by atoms with Gasteiger partial charge < -0.3 is 11.5 Å². The molecule has 0 amide bonds. The molecule has 0 bridgehead atoms. The minimum atomic E-state index is -0.170. The van der Waals surface area contributed by atoms with Crippen LogP contribution in [-0.4, -0.2) is 16.5 Å². The van der Waals surface area contributed by atoms with Gasteiger partial charge in [0.05, 0.1) is 11.7 Å². The van der Waals surface area contributed by atoms with Crippen molar-refractivity contribution in [2.45, 2.75) is 13.0 Å². The first-order chi connectivity index (χ1) is 5.24. The molecule has 1 unspecified atom stereocenters. The maximum Gasteiger partial charge on any atom is 0.125 e. The van der Waals surface area contributed by atoms with Crippen molar-refractivity contribution in [3.63, 3.8) is 0 Å². The van der Waals surface area contributed by atoms with Gasteiger partial charge in [-0.3, -0.25) is 0 Å². The molecule has 0 fully saturated rings. The van der Waals surface area contributed by atoms with E-state index in [-0.39, 0.29) is 6.04 Å². The molecule has 0 aliphatic rings. The number of aromatic nitrogens is 2. The molecule has 1 heterocycles. The van der Waals surface area contributed by atoms with Crippen molar-refractivity contribution in [3.8, 4) is 0 Å². The molecule has 4 N–H and O–H groups in total. The van der Waals surface area contributed by atoms with Crippen LogP contribution in [0.15, 0.2) is 12.3 Å². The summed E-state index contributed by atoms with van der Waals surface area (Å²) in [5, 5.41) is 0. The summed E-state index contributed by atoms with van der Waals surface area (Å²) in [5.74, 6) is 0.728. The van der Waals surface area contributed by atoms with Crippen molar-refractivity contribution in [3.05, 3.63) is 23.8 Å². The molecule has 0 aliphatic carbocycles. The molecule has 4 nitrogen and oxygen atoms in total. The van der Waals surface area contributed by atoms with Crippen LogP contribution in [0.1, 0.15) is 17.6 Å². The number of hydrogen-bond acceptors (Lipinski definition) is 4. The number of hydrogen-bond donors (Lipinski definition) is 2. The first-order valence-corrected chi connectivity index (χ1v) is 3.49. The van der Waals surface area contributed by atoms with Gasteiger partial charge in [-0.25, -0.2) is 9.97 Å². The van der Waals surface area contributed by atoms with E-state index in [0.717, 1.165) is 11.5 Å². The van der Waals surface area contributed by atoms with E-state index in [4.69, 9.17) is 11.5 Å². The monoisotopic (exact) mass is 152 g/mol. The van der Waals surface area contributed by atoms with E-state index in [0.29, 0.717) is 6.54 Å². The Morgan fingerprint density at radius 3 is 2.91 bits per heavy atom. The van der Waals surface area contributed by atoms with E-state index < -0.39 is 0 Å². The van der Waals surface area contributed by atoms with Crippen LogP contribution in [0.5, 0.6) is 0 Å². The zero-order chi connectivity index (χ0) is 8.27. The first-order valence-electron chi connectivity index (χ1n) is 3.49. The van der Waals surface area contributed by atoms with Gasteiger partial charge >= 0.3 is 0 Å². The maximum absolute atomic E-state index is 5.65. The van der Waals surface area contributed by atoms with Gasteiger partial charge in [0.2, 0.25) is 0 Å². The summed E-state index contributed by atoms with van der Waals surface area (Å²) in [6, 6.07) is 1.61. The Morgan fingerprint density at radius 1 is 1.64 bits per heavy atom. The summed E-state index contributed by atoms with van der Waals surface area (Å²) in [6.45, 7) is 2.24. The molecule has 0 saturated heterocycles. The van der Waals surface area contributed by atoms with Crippen molar-refractivity contribution in [2.24, 2.45) is 11.5 Å². The van der Waals surface area contributed by atoms with Crippen LogP contribution in [0.3, 0.4) is 0 Å². The van der Waals surface area contributed by atoms with Gasteiger partial charge in [-0.15, -0.1) is 0 Å². The molecule has 1 rings (SSSR count). The third-order valence-electron chi connectivity index (χ3n) is 1.43. The molecule has 1 aromatic rings. The molecule has 1 aromatic heterocycles. The lowest BCUT2D eigenvalue weighted by atomic mass is 10.2. The molecular weight excluding hydrogens is 140 g/mol. The SMILES string of the molecule is Cc1nccc(C(N)CN)n1. The highest BCUT2D eigenvalue weighted by Gasteiger charge is 2.03. The quantitative estimate of drug-likeness (QED) is 0.612. The Hall–Kier alpha value is -1.00. The van der Waals surface area contributed by atoms with E-state index in [1.807, 2.05) is 6.92 Å². The average Bonchev–Trinajstić information content (AvgIpc) is 2.03. The van der Waals surface area contributed by atoms with Gasteiger partial charge in [0.1, 0.15) is 5.82 Å². The fourth-order valence-corrected chi connectivity index (χ4v) is 0.802. The second kappa shape index (κ2) is 3.41. The number of aryl methyl sites for hydroxylation is 1. The van der Waals surface area contributed by atoms with Crippen LogP contribution in [0, 0.1) is 6.92 Å². The summed E-state index contributed by atoms with van der Waals surface area (Å²) in [6.07, 6.45) is 1.69. The average molecular weight is 152 g/mol. The molecule has 0 aliphatic heterocycles. The molecule has 60 valence electrons. The fourth-order valence-electron chi connectivity index (χ4n) is 0.802. The number of nitrogens with zero attached hydrogens (tertiary/aromatic N) is 2. The molecule has 0 radical (unpaired) electrons. The predicted molar refractivity (Wildman–Crippen MR) is 42.8 cm³/mol. The van der Waals surface area contributed by atoms with Crippen LogP contribution in [0.4, 0.5) is 0 Å². The summed E-state index contributed by atoms with van der Waals surface area (Å²) < 4.78 is 0. The van der Waals surface area contributed by atoms with Gasteiger partial charge in [0.25, 0.3) is 0 Å². The van der Waals surface area contributed by atoms with Crippen LogP contribution in [-0.2, 0) is 0 Å². The van der Waals surface area contributed by atoms with Gasteiger partial charge in [-0.05, 0) is 13.0 Å². The van der Waals surface area contributed by atoms with Crippen molar-refractivity contribution in [1.82, 2.24) is 9.97 Å². The first kappa shape index (κ1) is 8.10. The molecule has 4 heteroatoms. The number of nitrogens with two attached hydrogens (primary N) is 2. The van der Waals surface area contributed by atoms with Crippen molar-refractivity contribution in [2.75, 3.05) is 6.54 Å². The van der Waals surface area contributed by atoms with E-state index >= 15 is 0 Å². The minimum Gasteiger partial charge on any atom is -0.329 e. The highest BCUT2D eigenvalue weighted by molar-refractivity contribution is 5.06. The van der Waals surface area contributed by atoms with Crippen molar-refractivity contribution in [1.29, 1.82) is 0 Å². The van der Waals surface area contributed by atoms with Gasteiger partial charge in [0, 0.05) is 12.7 Å². The highest BCUT2D eigenvalue weighted by atomic mass is 14.9. The second-order valence-corrected chi connectivity index (χ2v) is 2.37. The molecule has 0 aromatic carbocycles. The molecular formula is C7H12N4. The molecule has 11 heavy (non-hydrogen) atoms. The Bertz CT molecular complexity index is 236. The lowest BCUT2D eigenvalue weighted by Gasteiger charge is -2.06. The highest BCUT2D eigenvalue weighted by Crippen LogP contribution is 2.03. The lowest BCUT2D eigenvalue weighted by molar-refractivity contribution is 0.702. The normalized spacial score (nSPS) is 13.0. The van der Waals surface area contributed by atoms with Crippen LogP contribution >= 0.6 is 0 Å². The largest absolute Gasteiger partial charge is 0.329 e. The smallest absolute Gasteiger partial charge is 0.125 e. The zero-order valence-electron chi connectivity index (χ0n) is 6.49. The standard InChI is InChI=1S/C7H12N4/c1-5-10-3-2-7(11-5)6(9)4-8/h2-3,6H,4,8-9H2,1H3. The predicted octanol–water partition coefficient (Wildman–Crippen LogP) is -0.256. The van der Waals surface area contributed by atoms with Crippen molar-refractivity contribution < 1.29 is 0 Å². The summed E-state index contributed by atoms with van der Waals surface area (Å²) in [5.41, 5.74) is 11.8. The Kier molecular flexibility index (Phi) is 2.51. The second-order valence-electron chi connectivity index (χ2n) is 2.37. The van der Waals surface area contributed by atoms with E-state index in [1.165, 1.54) is 0 Å². The van der Waals surface area contributed by atoms with Gasteiger partial charge in [0.15, 0.2) is 0 Å². The lowest BCUT2D eigenvalue weighted by Crippen LogP contribution is -2.22. The fraction of sp³-hybridized carbons (Fsp3) is 0.429. The summed E-state index contributed by atoms with van der Waals surface area (Å²) in [4.78, 5) is 8.08. The zero-order valence-corrected chi connectivity index (χ0v) is 6.49. The van der Waals surface area contributed by atoms with Crippen molar-refractivity contribution >= 4 is 0 Å². The Balaban J connectivity index is 2.86. The van der Waals surface area contributed by atoms with E-state index in [9.17, 15) is 0 Å². The summed E-state index contributed by atoms with van der Waals surface area (Å²) in [7, 11) is 0. The molecule has 0 saturated carbocycles. The van der Waals surface area contributed by atoms with Crippen LogP contribution < -0.4 is 11.5 Å². The molecule has 0 spiro atoms. The Morgan fingerprint density at radius 2 is 2.36 bits per heavy atom. The maximum atomic E-state index is 5.65.